The fraction of sp³-hybridized carbons (Fsp3) is 0.500. The maximum absolute atomic E-state index is 11.8. The molecule has 0 bridgehead atoms. The number of likely N-dealkylation sites (tertiary alicyclic amines) is 1. The molecule has 1 saturated heterocycles. The number of urea groups is 1. The Morgan fingerprint density at radius 2 is 2.00 bits per heavy atom. The summed E-state index contributed by atoms with van der Waals surface area (Å²) >= 11 is 0. The van der Waals surface area contributed by atoms with Gasteiger partial charge in [-0.2, -0.15) is 0 Å². The highest BCUT2D eigenvalue weighted by atomic mass is 16.2. The molecule has 1 aromatic rings. The van der Waals surface area contributed by atoms with Crippen molar-refractivity contribution in [3.8, 4) is 0 Å². The highest BCUT2D eigenvalue weighted by molar-refractivity contribution is 5.75. The maximum Gasteiger partial charge on any atom is 0.317 e. The Kier molecular flexibility index (Phi) is 4.20. The number of rotatable bonds is 4. The number of nitrogens with one attached hydrogen (secondary N) is 1. The first-order chi connectivity index (χ1) is 8.66. The van der Waals surface area contributed by atoms with Gasteiger partial charge in [0.1, 0.15) is 0 Å². The van der Waals surface area contributed by atoms with Gasteiger partial charge in [0, 0.05) is 25.7 Å². The summed E-state index contributed by atoms with van der Waals surface area (Å²) in [6, 6.07) is 10.8. The molecule has 1 heterocycles. The van der Waals surface area contributed by atoms with E-state index in [-0.39, 0.29) is 6.03 Å². The van der Waals surface area contributed by atoms with E-state index >= 15 is 0 Å². The Labute approximate surface area is 109 Å². The van der Waals surface area contributed by atoms with Crippen molar-refractivity contribution in [3.05, 3.63) is 35.9 Å². The molecular weight excluding hydrogens is 226 g/mol. The molecule has 0 unspecified atom stereocenters. The van der Waals surface area contributed by atoms with Gasteiger partial charge in [-0.3, -0.25) is 0 Å². The second-order valence-electron chi connectivity index (χ2n) is 4.99. The van der Waals surface area contributed by atoms with Crippen LogP contribution in [0.4, 0.5) is 4.79 Å². The topological polar surface area (TPSA) is 35.6 Å². The van der Waals surface area contributed by atoms with E-state index < -0.39 is 0 Å². The molecule has 0 spiro atoms. The first-order valence-corrected chi connectivity index (χ1v) is 6.40. The molecule has 18 heavy (non-hydrogen) atoms. The normalized spacial score (nSPS) is 15.6. The van der Waals surface area contributed by atoms with Gasteiger partial charge in [-0.15, -0.1) is 0 Å². The lowest BCUT2D eigenvalue weighted by Crippen LogP contribution is -2.61. The molecule has 2 rings (SSSR count). The van der Waals surface area contributed by atoms with Crippen LogP contribution in [-0.2, 0) is 6.42 Å². The Morgan fingerprint density at radius 1 is 1.33 bits per heavy atom. The van der Waals surface area contributed by atoms with Crippen molar-refractivity contribution in [3.63, 3.8) is 0 Å². The zero-order valence-corrected chi connectivity index (χ0v) is 11.1. The number of hydrogen-bond acceptors (Lipinski definition) is 2. The van der Waals surface area contributed by atoms with Gasteiger partial charge < -0.3 is 15.1 Å². The summed E-state index contributed by atoms with van der Waals surface area (Å²) in [4.78, 5) is 15.8. The first kappa shape index (κ1) is 12.9. The Balaban J connectivity index is 1.65. The van der Waals surface area contributed by atoms with Crippen LogP contribution in [0.5, 0.6) is 0 Å². The van der Waals surface area contributed by atoms with Crippen LogP contribution in [0.25, 0.3) is 0 Å². The predicted molar refractivity (Wildman–Crippen MR) is 72.6 cm³/mol. The van der Waals surface area contributed by atoms with Crippen molar-refractivity contribution in [2.75, 3.05) is 33.7 Å². The number of nitrogens with zero attached hydrogens (tertiary/aromatic N) is 2. The molecule has 98 valence electrons. The molecule has 0 aromatic heterocycles. The van der Waals surface area contributed by atoms with E-state index in [4.69, 9.17) is 0 Å². The van der Waals surface area contributed by atoms with Crippen LogP contribution in [0.15, 0.2) is 30.3 Å². The highest BCUT2D eigenvalue weighted by Crippen LogP contribution is 2.11. The molecule has 1 N–H and O–H groups in total. The van der Waals surface area contributed by atoms with E-state index in [0.717, 1.165) is 19.5 Å². The number of carbonyl (C=O) groups is 1. The van der Waals surface area contributed by atoms with Crippen LogP contribution in [-0.4, -0.2) is 55.6 Å². The smallest absolute Gasteiger partial charge is 0.317 e. The van der Waals surface area contributed by atoms with Crippen LogP contribution >= 0.6 is 0 Å². The Hall–Kier alpha value is -1.55. The lowest BCUT2D eigenvalue weighted by Gasteiger charge is -2.42. The molecule has 0 atom stereocenters. The fourth-order valence-corrected chi connectivity index (χ4v) is 2.02. The van der Waals surface area contributed by atoms with Gasteiger partial charge in [-0.1, -0.05) is 30.3 Å². The molecule has 1 aliphatic rings. The van der Waals surface area contributed by atoms with Gasteiger partial charge in [-0.05, 0) is 26.1 Å². The lowest BCUT2D eigenvalue weighted by atomic mass is 10.1. The summed E-state index contributed by atoms with van der Waals surface area (Å²) in [5.74, 6) is 0. The van der Waals surface area contributed by atoms with Crippen molar-refractivity contribution in [1.29, 1.82) is 0 Å². The standard InChI is InChI=1S/C14H21N3O/c1-16(2)13-10-17(11-13)14(18)15-9-8-12-6-4-3-5-7-12/h3-7,13H,8-11H2,1-2H3,(H,15,18). The summed E-state index contributed by atoms with van der Waals surface area (Å²) in [7, 11) is 4.10. The number of carbonyl (C=O) groups excluding carboxylic acids is 1. The van der Waals surface area contributed by atoms with E-state index in [1.165, 1.54) is 5.56 Å². The van der Waals surface area contributed by atoms with E-state index in [1.807, 2.05) is 23.1 Å². The fourth-order valence-electron chi connectivity index (χ4n) is 2.02. The first-order valence-electron chi connectivity index (χ1n) is 6.40. The molecule has 1 fully saturated rings. The molecule has 0 aliphatic carbocycles. The van der Waals surface area contributed by atoms with Crippen LogP contribution in [0.2, 0.25) is 0 Å². The second-order valence-corrected chi connectivity index (χ2v) is 4.99. The molecule has 0 radical (unpaired) electrons. The molecule has 4 heteroatoms. The number of hydrogen-bond donors (Lipinski definition) is 1. The molecule has 0 saturated carbocycles. The summed E-state index contributed by atoms with van der Waals surface area (Å²) in [5.41, 5.74) is 1.26. The molecule has 4 nitrogen and oxygen atoms in total. The minimum absolute atomic E-state index is 0.0593. The SMILES string of the molecule is CN(C)C1CN(C(=O)NCCc2ccccc2)C1. The van der Waals surface area contributed by atoms with Crippen molar-refractivity contribution in [1.82, 2.24) is 15.1 Å². The molecule has 2 amide bonds. The van der Waals surface area contributed by atoms with Crippen molar-refractivity contribution < 1.29 is 4.79 Å². The monoisotopic (exact) mass is 247 g/mol. The van der Waals surface area contributed by atoms with E-state index in [2.05, 4.69) is 36.4 Å². The van der Waals surface area contributed by atoms with Crippen LogP contribution in [0, 0.1) is 0 Å². The predicted octanol–water partition coefficient (Wildman–Crippen LogP) is 1.18. The van der Waals surface area contributed by atoms with Crippen molar-refractivity contribution >= 4 is 6.03 Å². The zero-order valence-electron chi connectivity index (χ0n) is 11.1. The third-order valence-electron chi connectivity index (χ3n) is 3.41. The third kappa shape index (κ3) is 3.23. The van der Waals surface area contributed by atoms with E-state index in [9.17, 15) is 4.79 Å². The van der Waals surface area contributed by atoms with Gasteiger partial charge in [0.2, 0.25) is 0 Å². The van der Waals surface area contributed by atoms with Gasteiger partial charge in [0.15, 0.2) is 0 Å². The number of likely N-dealkylation sites (N-methyl/N-ethyl adjacent to an activating group) is 1. The van der Waals surface area contributed by atoms with Crippen LogP contribution in [0.1, 0.15) is 5.56 Å². The average molecular weight is 247 g/mol. The number of amides is 2. The van der Waals surface area contributed by atoms with E-state index in [1.54, 1.807) is 0 Å². The summed E-state index contributed by atoms with van der Waals surface area (Å²) < 4.78 is 0. The van der Waals surface area contributed by atoms with Gasteiger partial charge in [0.05, 0.1) is 0 Å². The minimum atomic E-state index is 0.0593. The second kappa shape index (κ2) is 5.87. The third-order valence-corrected chi connectivity index (χ3v) is 3.41. The molecular formula is C14H21N3O. The largest absolute Gasteiger partial charge is 0.338 e. The van der Waals surface area contributed by atoms with Crippen LogP contribution < -0.4 is 5.32 Å². The zero-order chi connectivity index (χ0) is 13.0. The van der Waals surface area contributed by atoms with Crippen molar-refractivity contribution in [2.24, 2.45) is 0 Å². The molecule has 1 aliphatic heterocycles. The number of benzene rings is 1. The molecule has 1 aromatic carbocycles. The Morgan fingerprint density at radius 3 is 2.61 bits per heavy atom. The quantitative estimate of drug-likeness (QED) is 0.867. The summed E-state index contributed by atoms with van der Waals surface area (Å²) in [6.07, 6.45) is 0.886. The summed E-state index contributed by atoms with van der Waals surface area (Å²) in [6.45, 7) is 2.38. The highest BCUT2D eigenvalue weighted by Gasteiger charge is 2.31. The van der Waals surface area contributed by atoms with Crippen LogP contribution in [0.3, 0.4) is 0 Å². The van der Waals surface area contributed by atoms with Gasteiger partial charge in [-0.25, -0.2) is 4.79 Å². The van der Waals surface area contributed by atoms with Crippen molar-refractivity contribution in [2.45, 2.75) is 12.5 Å². The average Bonchev–Trinajstić information content (AvgIpc) is 2.28. The maximum atomic E-state index is 11.8. The summed E-state index contributed by atoms with van der Waals surface area (Å²) in [5, 5.41) is 2.96. The van der Waals surface area contributed by atoms with Gasteiger partial charge >= 0.3 is 6.03 Å². The minimum Gasteiger partial charge on any atom is -0.338 e. The Bertz CT molecular complexity index is 385. The van der Waals surface area contributed by atoms with Gasteiger partial charge in [0.25, 0.3) is 0 Å². The lowest BCUT2D eigenvalue weighted by molar-refractivity contribution is 0.0873. The van der Waals surface area contributed by atoms with E-state index in [0.29, 0.717) is 12.6 Å².